The average molecular weight is 343 g/mol. The Labute approximate surface area is 137 Å². The van der Waals surface area contributed by atoms with E-state index in [2.05, 4.69) is 9.97 Å². The van der Waals surface area contributed by atoms with Crippen molar-refractivity contribution in [1.82, 2.24) is 9.97 Å². The first kappa shape index (κ1) is 16.6. The second kappa shape index (κ2) is 6.58. The van der Waals surface area contributed by atoms with Crippen molar-refractivity contribution in [3.05, 3.63) is 59.8 Å². The molecular weight excluding hydrogens is 327 g/mol. The molecule has 2 rings (SSSR count). The number of benzene rings is 1. The molecule has 2 N–H and O–H groups in total. The zero-order valence-corrected chi connectivity index (χ0v) is 13.9. The van der Waals surface area contributed by atoms with Gasteiger partial charge < -0.3 is 9.72 Å². The van der Waals surface area contributed by atoms with Gasteiger partial charge in [-0.1, -0.05) is 23.2 Å². The number of aromatic nitrogens is 2. The molecular formula is C15H16Cl2N2O3. The lowest BCUT2D eigenvalue weighted by Crippen LogP contribution is -2.27. The molecule has 0 saturated heterocycles. The highest BCUT2D eigenvalue weighted by Crippen LogP contribution is 2.35. The summed E-state index contributed by atoms with van der Waals surface area (Å²) in [6.45, 7) is 5.43. The third-order valence-electron chi connectivity index (χ3n) is 3.05. The largest absolute Gasteiger partial charge is 0.488 e. The highest BCUT2D eigenvalue weighted by molar-refractivity contribution is 6.37. The third kappa shape index (κ3) is 3.72. The quantitative estimate of drug-likeness (QED) is 0.896. The molecule has 7 heteroatoms. The van der Waals surface area contributed by atoms with Crippen LogP contribution in [0.2, 0.25) is 10.0 Å². The molecule has 0 aliphatic rings. The van der Waals surface area contributed by atoms with E-state index >= 15 is 0 Å². The minimum atomic E-state index is -0.525. The molecule has 0 bridgehead atoms. The van der Waals surface area contributed by atoms with Gasteiger partial charge in [0.25, 0.3) is 5.56 Å². The van der Waals surface area contributed by atoms with Gasteiger partial charge in [-0.3, -0.25) is 9.78 Å². The second-order valence-electron chi connectivity index (χ2n) is 5.24. The first-order valence-electron chi connectivity index (χ1n) is 6.74. The van der Waals surface area contributed by atoms with Gasteiger partial charge in [-0.05, 0) is 38.5 Å². The first-order chi connectivity index (χ1) is 10.3. The van der Waals surface area contributed by atoms with Crippen LogP contribution in [0.3, 0.4) is 0 Å². The van der Waals surface area contributed by atoms with Gasteiger partial charge in [0, 0.05) is 17.7 Å². The van der Waals surface area contributed by atoms with Crippen molar-refractivity contribution >= 4 is 23.2 Å². The maximum Gasteiger partial charge on any atom is 0.325 e. The van der Waals surface area contributed by atoms with Crippen molar-refractivity contribution in [2.24, 2.45) is 0 Å². The van der Waals surface area contributed by atoms with Gasteiger partial charge in [0.05, 0.1) is 16.1 Å². The number of H-pyrrole nitrogens is 2. The fraction of sp³-hybridized carbons (Fsp3) is 0.333. The van der Waals surface area contributed by atoms with Gasteiger partial charge in [-0.25, -0.2) is 4.79 Å². The lowest BCUT2D eigenvalue weighted by atomic mass is 10.0. The highest BCUT2D eigenvalue weighted by Gasteiger charge is 2.13. The average Bonchev–Trinajstić information content (AvgIpc) is 2.38. The Morgan fingerprint density at radius 1 is 1.14 bits per heavy atom. The Bertz CT molecular complexity index is 786. The van der Waals surface area contributed by atoms with E-state index in [1.807, 2.05) is 13.8 Å². The molecule has 1 aromatic heterocycles. The van der Waals surface area contributed by atoms with Crippen LogP contribution >= 0.6 is 23.2 Å². The molecule has 1 heterocycles. The van der Waals surface area contributed by atoms with E-state index in [0.717, 1.165) is 5.56 Å². The topological polar surface area (TPSA) is 75.0 Å². The number of aryl methyl sites for hydroxylation is 1. The van der Waals surface area contributed by atoms with Gasteiger partial charge in [0.2, 0.25) is 0 Å². The van der Waals surface area contributed by atoms with Crippen molar-refractivity contribution in [3.63, 3.8) is 0 Å². The standard InChI is InChI=1S/C15H16Cl2N2O3/c1-7(2)22-13-11(16)5-9(6-12(13)17)4-10-8(3)18-15(21)19-14(10)20/h5-7H,4H2,1-3H3,(H2,18,19,20,21). The molecule has 5 nitrogen and oxygen atoms in total. The highest BCUT2D eigenvalue weighted by atomic mass is 35.5. The minimum absolute atomic E-state index is 0.0508. The normalized spacial score (nSPS) is 11.0. The summed E-state index contributed by atoms with van der Waals surface area (Å²) in [6, 6.07) is 3.41. The van der Waals surface area contributed by atoms with Crippen LogP contribution in [0, 0.1) is 6.92 Å². The van der Waals surface area contributed by atoms with E-state index in [9.17, 15) is 9.59 Å². The van der Waals surface area contributed by atoms with Gasteiger partial charge >= 0.3 is 5.69 Å². The summed E-state index contributed by atoms with van der Waals surface area (Å²) in [5, 5.41) is 0.768. The molecule has 22 heavy (non-hydrogen) atoms. The molecule has 0 aliphatic heterocycles. The summed E-state index contributed by atoms with van der Waals surface area (Å²) >= 11 is 12.4. The maximum atomic E-state index is 11.9. The van der Waals surface area contributed by atoms with Crippen LogP contribution in [0.25, 0.3) is 0 Å². The smallest absolute Gasteiger partial charge is 0.325 e. The number of nitrogens with one attached hydrogen (secondary N) is 2. The fourth-order valence-corrected chi connectivity index (χ4v) is 2.73. The molecule has 0 amide bonds. The van der Waals surface area contributed by atoms with Crippen molar-refractivity contribution < 1.29 is 4.74 Å². The zero-order valence-electron chi connectivity index (χ0n) is 12.4. The van der Waals surface area contributed by atoms with Crippen LogP contribution < -0.4 is 16.0 Å². The molecule has 2 aromatic rings. The number of hydrogen-bond acceptors (Lipinski definition) is 3. The summed E-state index contributed by atoms with van der Waals surface area (Å²) in [4.78, 5) is 27.9. The number of aromatic amines is 2. The number of hydrogen-bond donors (Lipinski definition) is 2. The van der Waals surface area contributed by atoms with E-state index in [1.54, 1.807) is 19.1 Å². The molecule has 0 aliphatic carbocycles. The molecule has 0 radical (unpaired) electrons. The van der Waals surface area contributed by atoms with Crippen LogP contribution in [0.15, 0.2) is 21.7 Å². The Balaban J connectivity index is 2.40. The summed E-state index contributed by atoms with van der Waals surface area (Å²) in [6.07, 6.45) is 0.254. The van der Waals surface area contributed by atoms with Gasteiger partial charge in [0.1, 0.15) is 0 Å². The Hall–Kier alpha value is -1.72. The molecule has 0 saturated carbocycles. The van der Waals surface area contributed by atoms with Gasteiger partial charge in [-0.2, -0.15) is 0 Å². The molecule has 0 unspecified atom stereocenters. The van der Waals surface area contributed by atoms with E-state index in [0.29, 0.717) is 33.5 Å². The summed E-state index contributed by atoms with van der Waals surface area (Å²) < 4.78 is 5.56. The van der Waals surface area contributed by atoms with Crippen LogP contribution in [-0.2, 0) is 6.42 Å². The van der Waals surface area contributed by atoms with E-state index in [4.69, 9.17) is 27.9 Å². The number of halogens is 2. The van der Waals surface area contributed by atoms with E-state index in [-0.39, 0.29) is 6.10 Å². The lowest BCUT2D eigenvalue weighted by molar-refractivity contribution is 0.242. The van der Waals surface area contributed by atoms with E-state index in [1.165, 1.54) is 0 Å². The summed E-state index contributed by atoms with van der Waals surface area (Å²) in [5.74, 6) is 0.425. The van der Waals surface area contributed by atoms with Crippen LogP contribution in [-0.4, -0.2) is 16.1 Å². The SMILES string of the molecule is Cc1[nH]c(=O)[nH]c(=O)c1Cc1cc(Cl)c(OC(C)C)c(Cl)c1. The minimum Gasteiger partial charge on any atom is -0.488 e. The van der Waals surface area contributed by atoms with Crippen LogP contribution in [0.1, 0.15) is 30.7 Å². The fourth-order valence-electron chi connectivity index (χ4n) is 2.11. The first-order valence-corrected chi connectivity index (χ1v) is 7.50. The lowest BCUT2D eigenvalue weighted by Gasteiger charge is -2.14. The number of rotatable bonds is 4. The van der Waals surface area contributed by atoms with Crippen molar-refractivity contribution in [2.45, 2.75) is 33.3 Å². The third-order valence-corrected chi connectivity index (χ3v) is 3.61. The Morgan fingerprint density at radius 3 is 2.23 bits per heavy atom. The molecule has 1 aromatic carbocycles. The van der Waals surface area contributed by atoms with E-state index < -0.39 is 11.2 Å². The summed E-state index contributed by atoms with van der Waals surface area (Å²) in [7, 11) is 0. The molecule has 0 fully saturated rings. The molecule has 118 valence electrons. The predicted molar refractivity (Wildman–Crippen MR) is 87.5 cm³/mol. The number of ether oxygens (including phenoxy) is 1. The molecule has 0 spiro atoms. The zero-order chi connectivity index (χ0) is 16.4. The monoisotopic (exact) mass is 342 g/mol. The molecule has 0 atom stereocenters. The maximum absolute atomic E-state index is 11.9. The van der Waals surface area contributed by atoms with Crippen LogP contribution in [0.5, 0.6) is 5.75 Å². The second-order valence-corrected chi connectivity index (χ2v) is 6.06. The van der Waals surface area contributed by atoms with Gasteiger partial charge in [0.15, 0.2) is 5.75 Å². The van der Waals surface area contributed by atoms with Gasteiger partial charge in [-0.15, -0.1) is 0 Å². The summed E-state index contributed by atoms with van der Waals surface area (Å²) in [5.41, 5.74) is 0.790. The van der Waals surface area contributed by atoms with Crippen LogP contribution in [0.4, 0.5) is 0 Å². The Morgan fingerprint density at radius 2 is 1.73 bits per heavy atom. The van der Waals surface area contributed by atoms with Crippen molar-refractivity contribution in [3.8, 4) is 5.75 Å². The van der Waals surface area contributed by atoms with Crippen molar-refractivity contribution in [1.29, 1.82) is 0 Å². The Kier molecular flexibility index (Phi) is 4.98. The predicted octanol–water partition coefficient (Wildman–Crippen LogP) is 3.06. The van der Waals surface area contributed by atoms with Crippen molar-refractivity contribution in [2.75, 3.05) is 0 Å².